The van der Waals surface area contributed by atoms with Crippen LogP contribution < -0.4 is 10.6 Å². The van der Waals surface area contributed by atoms with Gasteiger partial charge < -0.3 is 10.6 Å². The van der Waals surface area contributed by atoms with Gasteiger partial charge in [-0.15, -0.1) is 11.8 Å². The van der Waals surface area contributed by atoms with Crippen molar-refractivity contribution in [3.63, 3.8) is 0 Å². The number of hydrogen-bond acceptors (Lipinski definition) is 4. The topological polar surface area (TPSA) is 61.4 Å². The average molecular weight is 458 g/mol. The molecule has 4 rings (SSSR count). The maximum absolute atomic E-state index is 12.4. The molecule has 0 aliphatic carbocycles. The molecule has 2 amide bonds. The van der Waals surface area contributed by atoms with Crippen molar-refractivity contribution in [3.05, 3.63) is 58.6 Å². The molecule has 1 fully saturated rings. The summed E-state index contributed by atoms with van der Waals surface area (Å²) in [4.78, 5) is 28.2. The van der Waals surface area contributed by atoms with E-state index in [0.717, 1.165) is 17.0 Å². The van der Waals surface area contributed by atoms with E-state index in [1.165, 1.54) is 56.1 Å². The van der Waals surface area contributed by atoms with E-state index in [1.54, 1.807) is 12.1 Å². The molecule has 2 aliphatic rings. The zero-order valence-electron chi connectivity index (χ0n) is 17.5. The van der Waals surface area contributed by atoms with Gasteiger partial charge in [-0.25, -0.2) is 0 Å². The van der Waals surface area contributed by atoms with Gasteiger partial charge in [-0.05, 0) is 55.3 Å². The Bertz CT molecular complexity index is 927. The first kappa shape index (κ1) is 22.2. The van der Waals surface area contributed by atoms with Gasteiger partial charge in [-0.1, -0.05) is 48.7 Å². The second-order valence-corrected chi connectivity index (χ2v) is 9.90. The quantitative estimate of drug-likeness (QED) is 0.651. The number of likely N-dealkylation sites (tertiary alicyclic amines) is 1. The van der Waals surface area contributed by atoms with Gasteiger partial charge in [0.1, 0.15) is 0 Å². The molecule has 0 saturated carbocycles. The molecule has 0 radical (unpaired) electrons. The van der Waals surface area contributed by atoms with Gasteiger partial charge in [0.15, 0.2) is 0 Å². The van der Waals surface area contributed by atoms with Crippen molar-refractivity contribution in [2.24, 2.45) is 0 Å². The van der Waals surface area contributed by atoms with E-state index < -0.39 is 5.25 Å². The molecule has 2 heterocycles. The molecule has 0 aromatic heterocycles. The molecule has 164 valence electrons. The monoisotopic (exact) mass is 457 g/mol. The number of thioether (sulfide) groups is 1. The molecule has 31 heavy (non-hydrogen) atoms. The van der Waals surface area contributed by atoms with Crippen molar-refractivity contribution in [1.82, 2.24) is 10.2 Å². The highest BCUT2D eigenvalue weighted by atomic mass is 35.5. The molecule has 2 aliphatic heterocycles. The molecule has 1 unspecified atom stereocenters. The largest absolute Gasteiger partial charge is 0.352 e. The first-order valence-corrected chi connectivity index (χ1v) is 12.2. The summed E-state index contributed by atoms with van der Waals surface area (Å²) in [7, 11) is 0. The van der Waals surface area contributed by atoms with Crippen LogP contribution in [0.3, 0.4) is 0 Å². The Morgan fingerprint density at radius 3 is 2.52 bits per heavy atom. The Kier molecular flexibility index (Phi) is 7.54. The van der Waals surface area contributed by atoms with Gasteiger partial charge in [-0.2, -0.15) is 0 Å². The summed E-state index contributed by atoms with van der Waals surface area (Å²) in [6, 6.07) is 13.9. The number of benzene rings is 2. The van der Waals surface area contributed by atoms with Gasteiger partial charge in [-0.3, -0.25) is 14.5 Å². The molecule has 1 saturated heterocycles. The summed E-state index contributed by atoms with van der Waals surface area (Å²) in [5, 5.41) is 5.93. The Balaban J connectivity index is 1.25. The van der Waals surface area contributed by atoms with E-state index in [1.807, 2.05) is 6.07 Å². The molecular formula is C24H28ClN3O2S. The van der Waals surface area contributed by atoms with Crippen LogP contribution in [0.25, 0.3) is 0 Å². The molecule has 2 N–H and O–H groups in total. The maximum Gasteiger partial charge on any atom is 0.238 e. The van der Waals surface area contributed by atoms with Crippen LogP contribution in [0.4, 0.5) is 5.69 Å². The van der Waals surface area contributed by atoms with Crippen LogP contribution in [-0.2, 0) is 22.7 Å². The fourth-order valence-corrected chi connectivity index (χ4v) is 5.28. The summed E-state index contributed by atoms with van der Waals surface area (Å²) < 4.78 is 0. The van der Waals surface area contributed by atoms with Gasteiger partial charge in [0.2, 0.25) is 11.8 Å². The summed E-state index contributed by atoms with van der Waals surface area (Å²) in [5.41, 5.74) is 3.08. The molecule has 0 bridgehead atoms. The zero-order valence-corrected chi connectivity index (χ0v) is 19.1. The number of rotatable bonds is 6. The second kappa shape index (κ2) is 10.5. The van der Waals surface area contributed by atoms with E-state index in [-0.39, 0.29) is 18.2 Å². The minimum absolute atomic E-state index is 0.126. The van der Waals surface area contributed by atoms with Crippen LogP contribution in [-0.4, -0.2) is 35.1 Å². The second-order valence-electron chi connectivity index (χ2n) is 8.22. The maximum atomic E-state index is 12.4. The Hall–Kier alpha value is -2.02. The van der Waals surface area contributed by atoms with E-state index in [4.69, 9.17) is 11.6 Å². The van der Waals surface area contributed by atoms with Gasteiger partial charge >= 0.3 is 0 Å². The molecule has 7 heteroatoms. The number of nitrogens with zero attached hydrogens (tertiary/aromatic N) is 1. The van der Waals surface area contributed by atoms with Crippen LogP contribution >= 0.6 is 23.4 Å². The number of amides is 2. The standard InChI is InChI=1S/C24H28ClN3O2S/c25-19-9-10-21-20(13-19)27-24(30)22(31-21)14-23(29)26-15-17-5-7-18(8-6-17)16-28-11-3-1-2-4-12-28/h5-10,13,22H,1-4,11-12,14-16H2,(H,26,29)(H,27,30). The van der Waals surface area contributed by atoms with Crippen LogP contribution in [0.5, 0.6) is 0 Å². The molecule has 2 aromatic carbocycles. The Morgan fingerprint density at radius 2 is 1.77 bits per heavy atom. The predicted molar refractivity (Wildman–Crippen MR) is 126 cm³/mol. The highest BCUT2D eigenvalue weighted by Gasteiger charge is 2.29. The first-order valence-electron chi connectivity index (χ1n) is 10.9. The Labute approximate surface area is 192 Å². The minimum Gasteiger partial charge on any atom is -0.352 e. The molecule has 0 spiro atoms. The molecule has 5 nitrogen and oxygen atoms in total. The lowest BCUT2D eigenvalue weighted by atomic mass is 10.1. The van der Waals surface area contributed by atoms with E-state index in [9.17, 15) is 9.59 Å². The number of anilines is 1. The fraction of sp³-hybridized carbons (Fsp3) is 0.417. The summed E-state index contributed by atoms with van der Waals surface area (Å²) in [6.07, 6.45) is 5.42. The Morgan fingerprint density at radius 1 is 1.06 bits per heavy atom. The average Bonchev–Trinajstić information content (AvgIpc) is 3.03. The van der Waals surface area contributed by atoms with Crippen molar-refractivity contribution >= 4 is 40.9 Å². The van der Waals surface area contributed by atoms with Crippen LogP contribution in [0, 0.1) is 0 Å². The summed E-state index contributed by atoms with van der Waals surface area (Å²) in [5.74, 6) is -0.286. The van der Waals surface area contributed by atoms with Crippen molar-refractivity contribution < 1.29 is 9.59 Å². The van der Waals surface area contributed by atoms with Gasteiger partial charge in [0.05, 0.1) is 10.9 Å². The van der Waals surface area contributed by atoms with Gasteiger partial charge in [0.25, 0.3) is 0 Å². The van der Waals surface area contributed by atoms with Crippen LogP contribution in [0.1, 0.15) is 43.2 Å². The van der Waals surface area contributed by atoms with Crippen molar-refractivity contribution in [3.8, 4) is 0 Å². The predicted octanol–water partition coefficient (Wildman–Crippen LogP) is 4.84. The summed E-state index contributed by atoms with van der Waals surface area (Å²) >= 11 is 7.39. The molecule has 1 atom stereocenters. The van der Waals surface area contributed by atoms with Crippen molar-refractivity contribution in [2.75, 3.05) is 18.4 Å². The van der Waals surface area contributed by atoms with Crippen molar-refractivity contribution in [2.45, 2.75) is 55.3 Å². The number of nitrogens with one attached hydrogen (secondary N) is 2. The highest BCUT2D eigenvalue weighted by molar-refractivity contribution is 8.01. The molecular weight excluding hydrogens is 430 g/mol. The number of carbonyl (C=O) groups is 2. The van der Waals surface area contributed by atoms with Gasteiger partial charge in [0, 0.05) is 29.4 Å². The minimum atomic E-state index is -0.440. The fourth-order valence-electron chi connectivity index (χ4n) is 4.01. The lowest BCUT2D eigenvalue weighted by molar-refractivity contribution is -0.124. The van der Waals surface area contributed by atoms with E-state index in [2.05, 4.69) is 39.8 Å². The number of fused-ring (bicyclic) bond motifs is 1. The van der Waals surface area contributed by atoms with E-state index in [0.29, 0.717) is 17.3 Å². The number of hydrogen-bond donors (Lipinski definition) is 2. The third kappa shape index (κ3) is 6.25. The normalized spacial score (nSPS) is 19.3. The third-order valence-corrected chi connectivity index (χ3v) is 7.26. The van der Waals surface area contributed by atoms with Crippen LogP contribution in [0.15, 0.2) is 47.4 Å². The highest BCUT2D eigenvalue weighted by Crippen LogP contribution is 2.38. The van der Waals surface area contributed by atoms with Crippen LogP contribution in [0.2, 0.25) is 5.02 Å². The zero-order chi connectivity index (χ0) is 21.6. The lowest BCUT2D eigenvalue weighted by Crippen LogP contribution is -2.34. The van der Waals surface area contributed by atoms with Crippen molar-refractivity contribution in [1.29, 1.82) is 0 Å². The third-order valence-electron chi connectivity index (χ3n) is 5.75. The first-order chi connectivity index (χ1) is 15.1. The number of carbonyl (C=O) groups excluding carboxylic acids is 2. The smallest absolute Gasteiger partial charge is 0.238 e. The lowest BCUT2D eigenvalue weighted by Gasteiger charge is -2.23. The summed E-state index contributed by atoms with van der Waals surface area (Å²) in [6.45, 7) is 3.82. The molecule has 2 aromatic rings. The van der Waals surface area contributed by atoms with E-state index >= 15 is 0 Å². The SMILES string of the molecule is O=C(CC1Sc2ccc(Cl)cc2NC1=O)NCc1ccc(CN2CCCCCC2)cc1. The number of halogens is 1.